The second kappa shape index (κ2) is 8.74. The van der Waals surface area contributed by atoms with Crippen LogP contribution in [0.25, 0.3) is 0 Å². The molecule has 1 aromatic heterocycles. The summed E-state index contributed by atoms with van der Waals surface area (Å²) in [5.41, 5.74) is 2.61. The van der Waals surface area contributed by atoms with Gasteiger partial charge in [-0.05, 0) is 47.0 Å². The first-order chi connectivity index (χ1) is 12.7. The summed E-state index contributed by atoms with van der Waals surface area (Å²) < 4.78 is 25.6. The number of anilines is 2. The first-order valence-electron chi connectivity index (χ1n) is 9.47. The molecule has 2 aromatic rings. The van der Waals surface area contributed by atoms with Crippen LogP contribution in [0, 0.1) is 5.95 Å². The summed E-state index contributed by atoms with van der Waals surface area (Å²) in [5.74, 6) is 0.524. The van der Waals surface area contributed by atoms with Crippen molar-refractivity contribution < 1.29 is 13.6 Å². The lowest BCUT2D eigenvalue weighted by molar-refractivity contribution is 0.388. The van der Waals surface area contributed by atoms with Crippen LogP contribution >= 0.6 is 0 Å². The number of methoxy groups -OCH3 is 1. The molecule has 0 aliphatic heterocycles. The molecule has 1 heterocycles. The first-order valence-corrected chi connectivity index (χ1v) is 11.6. The minimum atomic E-state index is -1.98. The standard InChI is InChI=1S/C21H31FN2O2Si/c1-14(2)27(15(3)4,16(5)6)26-18-10-8-17(9-11-18)23-19-12-13-20(25-7)24-21(19)22/h8-16,23H,1-7H3. The van der Waals surface area contributed by atoms with E-state index in [1.165, 1.54) is 7.11 Å². The van der Waals surface area contributed by atoms with Gasteiger partial charge in [-0.3, -0.25) is 0 Å². The second-order valence-electron chi connectivity index (χ2n) is 7.76. The van der Waals surface area contributed by atoms with E-state index in [1.807, 2.05) is 24.3 Å². The summed E-state index contributed by atoms with van der Waals surface area (Å²) in [6, 6.07) is 10.9. The number of pyridine rings is 1. The van der Waals surface area contributed by atoms with Crippen LogP contribution in [0.1, 0.15) is 41.5 Å². The van der Waals surface area contributed by atoms with Crippen molar-refractivity contribution in [2.24, 2.45) is 0 Å². The molecule has 2 rings (SSSR count). The molecule has 6 heteroatoms. The summed E-state index contributed by atoms with van der Waals surface area (Å²) in [6.07, 6.45) is 0. The molecule has 0 aliphatic rings. The van der Waals surface area contributed by atoms with Gasteiger partial charge in [-0.25, -0.2) is 0 Å². The molecule has 27 heavy (non-hydrogen) atoms. The van der Waals surface area contributed by atoms with E-state index < -0.39 is 14.3 Å². The van der Waals surface area contributed by atoms with E-state index in [2.05, 4.69) is 51.8 Å². The molecule has 0 radical (unpaired) electrons. The maximum atomic E-state index is 14.0. The Bertz CT molecular complexity index is 727. The van der Waals surface area contributed by atoms with Crippen LogP contribution in [-0.2, 0) is 0 Å². The van der Waals surface area contributed by atoms with Crippen LogP contribution in [0.2, 0.25) is 16.6 Å². The van der Waals surface area contributed by atoms with Gasteiger partial charge in [0, 0.05) is 11.8 Å². The van der Waals surface area contributed by atoms with Gasteiger partial charge >= 0.3 is 0 Å². The number of aromatic nitrogens is 1. The molecule has 0 spiro atoms. The number of rotatable bonds is 8. The normalized spacial score (nSPS) is 12.0. The largest absolute Gasteiger partial charge is 0.543 e. The quantitative estimate of drug-likeness (QED) is 0.411. The van der Waals surface area contributed by atoms with E-state index in [1.54, 1.807) is 12.1 Å². The third-order valence-corrected chi connectivity index (χ3v) is 11.2. The molecule has 0 aliphatic carbocycles. The van der Waals surface area contributed by atoms with Gasteiger partial charge < -0.3 is 14.5 Å². The predicted molar refractivity (Wildman–Crippen MR) is 112 cm³/mol. The summed E-state index contributed by atoms with van der Waals surface area (Å²) in [4.78, 5) is 3.74. The van der Waals surface area contributed by atoms with Crippen molar-refractivity contribution in [1.82, 2.24) is 4.98 Å². The number of benzene rings is 1. The third-order valence-electron chi connectivity index (χ3n) is 5.17. The van der Waals surface area contributed by atoms with E-state index in [9.17, 15) is 4.39 Å². The Morgan fingerprint density at radius 3 is 1.89 bits per heavy atom. The Morgan fingerprint density at radius 1 is 0.889 bits per heavy atom. The maximum Gasteiger partial charge on any atom is 0.258 e. The Balaban J connectivity index is 2.19. The van der Waals surface area contributed by atoms with Gasteiger partial charge in [0.15, 0.2) is 0 Å². The van der Waals surface area contributed by atoms with E-state index in [-0.39, 0.29) is 5.88 Å². The molecular formula is C21H31FN2O2Si. The number of ether oxygens (including phenoxy) is 1. The molecule has 0 saturated heterocycles. The maximum absolute atomic E-state index is 14.0. The Morgan fingerprint density at radius 2 is 1.44 bits per heavy atom. The third kappa shape index (κ3) is 4.61. The van der Waals surface area contributed by atoms with Crippen molar-refractivity contribution in [3.8, 4) is 11.6 Å². The van der Waals surface area contributed by atoms with Crippen LogP contribution in [-0.4, -0.2) is 20.4 Å². The Hall–Kier alpha value is -2.08. The van der Waals surface area contributed by atoms with Crippen molar-refractivity contribution in [1.29, 1.82) is 0 Å². The van der Waals surface area contributed by atoms with Gasteiger partial charge in [-0.2, -0.15) is 9.37 Å². The molecule has 148 valence electrons. The molecular weight excluding hydrogens is 359 g/mol. The van der Waals surface area contributed by atoms with Crippen molar-refractivity contribution in [2.45, 2.75) is 58.2 Å². The van der Waals surface area contributed by atoms with Gasteiger partial charge in [0.05, 0.1) is 12.8 Å². The zero-order valence-electron chi connectivity index (χ0n) is 17.3. The topological polar surface area (TPSA) is 43.4 Å². The first kappa shape index (κ1) is 21.2. The van der Waals surface area contributed by atoms with Crippen molar-refractivity contribution in [3.63, 3.8) is 0 Å². The van der Waals surface area contributed by atoms with Gasteiger partial charge in [-0.1, -0.05) is 41.5 Å². The highest BCUT2D eigenvalue weighted by Crippen LogP contribution is 2.42. The molecule has 1 N–H and O–H groups in total. The minimum absolute atomic E-state index is 0.249. The summed E-state index contributed by atoms with van der Waals surface area (Å²) in [7, 11) is -0.523. The Kier molecular flexibility index (Phi) is 6.87. The molecule has 1 aromatic carbocycles. The van der Waals surface area contributed by atoms with Crippen LogP contribution < -0.4 is 14.5 Å². The average Bonchev–Trinajstić information content (AvgIpc) is 2.61. The molecule has 0 atom stereocenters. The van der Waals surface area contributed by atoms with E-state index in [0.29, 0.717) is 22.3 Å². The second-order valence-corrected chi connectivity index (χ2v) is 13.1. The smallest absolute Gasteiger partial charge is 0.258 e. The minimum Gasteiger partial charge on any atom is -0.543 e. The lowest BCUT2D eigenvalue weighted by Crippen LogP contribution is -2.50. The zero-order chi connectivity index (χ0) is 20.2. The molecule has 0 saturated carbocycles. The van der Waals surface area contributed by atoms with Gasteiger partial charge in [-0.15, -0.1) is 0 Å². The van der Waals surface area contributed by atoms with Crippen molar-refractivity contribution >= 4 is 19.7 Å². The van der Waals surface area contributed by atoms with Crippen LogP contribution in [0.4, 0.5) is 15.8 Å². The molecule has 0 amide bonds. The number of nitrogens with one attached hydrogen (secondary N) is 1. The van der Waals surface area contributed by atoms with E-state index in [4.69, 9.17) is 9.16 Å². The predicted octanol–water partition coefficient (Wildman–Crippen LogP) is 6.53. The van der Waals surface area contributed by atoms with E-state index >= 15 is 0 Å². The summed E-state index contributed by atoms with van der Waals surface area (Å²) >= 11 is 0. The molecule has 0 bridgehead atoms. The zero-order valence-corrected chi connectivity index (χ0v) is 18.3. The molecule has 4 nitrogen and oxygen atoms in total. The highest BCUT2D eigenvalue weighted by molar-refractivity contribution is 6.78. The monoisotopic (exact) mass is 390 g/mol. The van der Waals surface area contributed by atoms with Crippen LogP contribution in [0.3, 0.4) is 0 Å². The van der Waals surface area contributed by atoms with E-state index in [0.717, 1.165) is 11.4 Å². The SMILES string of the molecule is COc1ccc(Nc2ccc(O[Si](C(C)C)(C(C)C)C(C)C)cc2)c(F)n1. The van der Waals surface area contributed by atoms with Gasteiger partial charge in [0.2, 0.25) is 11.8 Å². The highest BCUT2D eigenvalue weighted by atomic mass is 28.4. The van der Waals surface area contributed by atoms with Crippen molar-refractivity contribution in [3.05, 3.63) is 42.3 Å². The Labute approximate surface area is 163 Å². The molecule has 0 fully saturated rings. The summed E-state index contributed by atoms with van der Waals surface area (Å²) in [5, 5.41) is 3.04. The van der Waals surface area contributed by atoms with Gasteiger partial charge in [0.1, 0.15) is 5.75 Å². The van der Waals surface area contributed by atoms with Crippen molar-refractivity contribution in [2.75, 3.05) is 12.4 Å². The lowest BCUT2D eigenvalue weighted by Gasteiger charge is -2.42. The highest BCUT2D eigenvalue weighted by Gasteiger charge is 2.46. The molecule has 0 unspecified atom stereocenters. The fourth-order valence-electron chi connectivity index (χ4n) is 3.94. The number of hydrogen-bond donors (Lipinski definition) is 1. The van der Waals surface area contributed by atoms with Crippen LogP contribution in [0.5, 0.6) is 11.6 Å². The van der Waals surface area contributed by atoms with Crippen LogP contribution in [0.15, 0.2) is 36.4 Å². The number of hydrogen-bond acceptors (Lipinski definition) is 4. The van der Waals surface area contributed by atoms with Gasteiger partial charge in [0.25, 0.3) is 8.32 Å². The summed E-state index contributed by atoms with van der Waals surface area (Å²) in [6.45, 7) is 13.6. The lowest BCUT2D eigenvalue weighted by atomic mass is 10.3. The fourth-order valence-corrected chi connectivity index (χ4v) is 9.20. The number of halogens is 1. The average molecular weight is 391 g/mol. The number of nitrogens with zero attached hydrogens (tertiary/aromatic N) is 1. The fraction of sp³-hybridized carbons (Fsp3) is 0.476.